The molecule has 0 aliphatic heterocycles. The van der Waals surface area contributed by atoms with E-state index in [2.05, 4.69) is 10.3 Å². The van der Waals surface area contributed by atoms with Gasteiger partial charge in [0.05, 0.1) is 0 Å². The number of nitrogens with two attached hydrogens (primary N) is 1. The average Bonchev–Trinajstić information content (AvgIpc) is 2.44. The second kappa shape index (κ2) is 6.19. The smallest absolute Gasteiger partial charge is 0.251 e. The Morgan fingerprint density at radius 3 is 2.60 bits per heavy atom. The van der Waals surface area contributed by atoms with E-state index in [1.807, 2.05) is 32.0 Å². The summed E-state index contributed by atoms with van der Waals surface area (Å²) in [7, 11) is 0. The molecular formula is C16H19N3O. The molecule has 1 aromatic heterocycles. The van der Waals surface area contributed by atoms with Crippen LogP contribution in [-0.2, 0) is 6.42 Å². The van der Waals surface area contributed by atoms with Gasteiger partial charge >= 0.3 is 0 Å². The lowest BCUT2D eigenvalue weighted by molar-refractivity contribution is 0.0953. The van der Waals surface area contributed by atoms with Gasteiger partial charge in [0.2, 0.25) is 0 Å². The molecule has 1 amide bonds. The van der Waals surface area contributed by atoms with Gasteiger partial charge in [0.25, 0.3) is 5.91 Å². The zero-order chi connectivity index (χ0) is 14.5. The Bertz CT molecular complexity index is 609. The minimum atomic E-state index is -0.0803. The number of benzene rings is 1. The number of aromatic nitrogens is 1. The summed E-state index contributed by atoms with van der Waals surface area (Å²) in [6.07, 6.45) is 4.29. The lowest BCUT2D eigenvalue weighted by atomic mass is 10.0. The Morgan fingerprint density at radius 1 is 1.20 bits per heavy atom. The van der Waals surface area contributed by atoms with Crippen molar-refractivity contribution in [1.82, 2.24) is 10.3 Å². The number of carbonyl (C=O) groups is 1. The number of amides is 1. The lowest BCUT2D eigenvalue weighted by Gasteiger charge is -2.10. The first-order valence-corrected chi connectivity index (χ1v) is 6.62. The number of aryl methyl sites for hydroxylation is 2. The van der Waals surface area contributed by atoms with Gasteiger partial charge in [0, 0.05) is 30.2 Å². The molecule has 2 aromatic rings. The molecule has 20 heavy (non-hydrogen) atoms. The third-order valence-corrected chi connectivity index (χ3v) is 3.31. The molecule has 0 radical (unpaired) electrons. The largest absolute Gasteiger partial charge is 0.398 e. The number of hydrogen-bond donors (Lipinski definition) is 2. The monoisotopic (exact) mass is 269 g/mol. The molecule has 0 bridgehead atoms. The molecule has 4 nitrogen and oxygen atoms in total. The molecule has 0 fully saturated rings. The molecule has 1 aromatic carbocycles. The summed E-state index contributed by atoms with van der Waals surface area (Å²) in [5.41, 5.74) is 10.2. The summed E-state index contributed by atoms with van der Waals surface area (Å²) in [4.78, 5) is 16.1. The van der Waals surface area contributed by atoms with E-state index in [4.69, 9.17) is 5.73 Å². The SMILES string of the molecule is Cc1cc(C)c(C(=O)NCCc2ccncc2)cc1N. The molecule has 104 valence electrons. The number of carbonyl (C=O) groups excluding carboxylic acids is 1. The van der Waals surface area contributed by atoms with E-state index in [0.717, 1.165) is 23.1 Å². The zero-order valence-electron chi connectivity index (χ0n) is 11.8. The molecule has 0 unspecified atom stereocenters. The summed E-state index contributed by atoms with van der Waals surface area (Å²) in [5.74, 6) is -0.0803. The third-order valence-electron chi connectivity index (χ3n) is 3.31. The van der Waals surface area contributed by atoms with E-state index in [1.54, 1.807) is 18.5 Å². The minimum absolute atomic E-state index is 0.0803. The predicted octanol–water partition coefficient (Wildman–Crippen LogP) is 2.25. The van der Waals surface area contributed by atoms with E-state index in [0.29, 0.717) is 17.8 Å². The number of nitrogen functional groups attached to an aromatic ring is 1. The summed E-state index contributed by atoms with van der Waals surface area (Å²) in [5, 5.41) is 2.92. The van der Waals surface area contributed by atoms with Crippen molar-refractivity contribution in [3.63, 3.8) is 0 Å². The van der Waals surface area contributed by atoms with Crippen molar-refractivity contribution in [1.29, 1.82) is 0 Å². The third kappa shape index (κ3) is 3.35. The molecule has 1 heterocycles. The summed E-state index contributed by atoms with van der Waals surface area (Å²) >= 11 is 0. The quantitative estimate of drug-likeness (QED) is 0.836. The fourth-order valence-corrected chi connectivity index (χ4v) is 2.08. The lowest BCUT2D eigenvalue weighted by Crippen LogP contribution is -2.26. The summed E-state index contributed by atoms with van der Waals surface area (Å²) in [6.45, 7) is 4.45. The number of nitrogens with one attached hydrogen (secondary N) is 1. The molecule has 2 rings (SSSR count). The number of nitrogens with zero attached hydrogens (tertiary/aromatic N) is 1. The Kier molecular flexibility index (Phi) is 4.35. The molecule has 0 saturated carbocycles. The van der Waals surface area contributed by atoms with Crippen LogP contribution in [0.15, 0.2) is 36.7 Å². The van der Waals surface area contributed by atoms with Gasteiger partial charge in [-0.05, 0) is 55.2 Å². The first kappa shape index (κ1) is 14.1. The Balaban J connectivity index is 1.97. The van der Waals surface area contributed by atoms with Crippen LogP contribution in [-0.4, -0.2) is 17.4 Å². The fourth-order valence-electron chi connectivity index (χ4n) is 2.08. The Labute approximate surface area is 119 Å². The van der Waals surface area contributed by atoms with Crippen LogP contribution in [0.25, 0.3) is 0 Å². The van der Waals surface area contributed by atoms with Crippen molar-refractivity contribution >= 4 is 11.6 Å². The number of pyridine rings is 1. The van der Waals surface area contributed by atoms with Gasteiger partial charge in [-0.15, -0.1) is 0 Å². The van der Waals surface area contributed by atoms with Gasteiger partial charge in [-0.2, -0.15) is 0 Å². The second-order valence-corrected chi connectivity index (χ2v) is 4.89. The van der Waals surface area contributed by atoms with Crippen LogP contribution in [0.5, 0.6) is 0 Å². The summed E-state index contributed by atoms with van der Waals surface area (Å²) < 4.78 is 0. The first-order valence-electron chi connectivity index (χ1n) is 6.62. The number of anilines is 1. The van der Waals surface area contributed by atoms with Crippen LogP contribution < -0.4 is 11.1 Å². The van der Waals surface area contributed by atoms with Crippen LogP contribution in [0.1, 0.15) is 27.0 Å². The van der Waals surface area contributed by atoms with Gasteiger partial charge in [0.1, 0.15) is 0 Å². The predicted molar refractivity (Wildman–Crippen MR) is 80.6 cm³/mol. The highest BCUT2D eigenvalue weighted by Gasteiger charge is 2.10. The van der Waals surface area contributed by atoms with E-state index in [1.165, 1.54) is 0 Å². The van der Waals surface area contributed by atoms with Crippen molar-refractivity contribution in [2.24, 2.45) is 0 Å². The van der Waals surface area contributed by atoms with Crippen molar-refractivity contribution in [2.75, 3.05) is 12.3 Å². The molecule has 0 saturated heterocycles. The second-order valence-electron chi connectivity index (χ2n) is 4.89. The minimum Gasteiger partial charge on any atom is -0.398 e. The van der Waals surface area contributed by atoms with Crippen molar-refractivity contribution in [3.8, 4) is 0 Å². The highest BCUT2D eigenvalue weighted by Crippen LogP contribution is 2.17. The topological polar surface area (TPSA) is 68.0 Å². The van der Waals surface area contributed by atoms with E-state index >= 15 is 0 Å². The van der Waals surface area contributed by atoms with E-state index in [-0.39, 0.29) is 5.91 Å². The molecule has 3 N–H and O–H groups in total. The molecular weight excluding hydrogens is 250 g/mol. The molecule has 0 aliphatic carbocycles. The van der Waals surface area contributed by atoms with Crippen molar-refractivity contribution < 1.29 is 4.79 Å². The van der Waals surface area contributed by atoms with Gasteiger partial charge in [-0.25, -0.2) is 0 Å². The number of hydrogen-bond acceptors (Lipinski definition) is 3. The molecule has 0 atom stereocenters. The number of rotatable bonds is 4. The molecule has 0 aliphatic rings. The Hall–Kier alpha value is -2.36. The maximum atomic E-state index is 12.1. The van der Waals surface area contributed by atoms with Gasteiger partial charge < -0.3 is 11.1 Å². The van der Waals surface area contributed by atoms with Gasteiger partial charge in [-0.3, -0.25) is 9.78 Å². The highest BCUT2D eigenvalue weighted by molar-refractivity contribution is 5.96. The maximum Gasteiger partial charge on any atom is 0.251 e. The van der Waals surface area contributed by atoms with Gasteiger partial charge in [0.15, 0.2) is 0 Å². The standard InChI is InChI=1S/C16H19N3O/c1-11-9-12(2)15(17)10-14(11)16(20)19-8-5-13-3-6-18-7-4-13/h3-4,6-7,9-10H,5,8,17H2,1-2H3,(H,19,20). The Morgan fingerprint density at radius 2 is 1.90 bits per heavy atom. The first-order chi connectivity index (χ1) is 9.58. The van der Waals surface area contributed by atoms with E-state index < -0.39 is 0 Å². The fraction of sp³-hybridized carbons (Fsp3) is 0.250. The average molecular weight is 269 g/mol. The molecule has 0 spiro atoms. The van der Waals surface area contributed by atoms with Crippen LogP contribution in [0.3, 0.4) is 0 Å². The van der Waals surface area contributed by atoms with Crippen LogP contribution >= 0.6 is 0 Å². The van der Waals surface area contributed by atoms with Crippen LogP contribution in [0.2, 0.25) is 0 Å². The highest BCUT2D eigenvalue weighted by atomic mass is 16.1. The zero-order valence-corrected chi connectivity index (χ0v) is 11.8. The summed E-state index contributed by atoms with van der Waals surface area (Å²) in [6, 6.07) is 7.57. The van der Waals surface area contributed by atoms with Crippen molar-refractivity contribution in [2.45, 2.75) is 20.3 Å². The van der Waals surface area contributed by atoms with Crippen LogP contribution in [0, 0.1) is 13.8 Å². The molecule has 4 heteroatoms. The maximum absolute atomic E-state index is 12.1. The van der Waals surface area contributed by atoms with Crippen LogP contribution in [0.4, 0.5) is 5.69 Å². The normalized spacial score (nSPS) is 10.3. The van der Waals surface area contributed by atoms with E-state index in [9.17, 15) is 4.79 Å². The van der Waals surface area contributed by atoms with Gasteiger partial charge in [-0.1, -0.05) is 6.07 Å². The van der Waals surface area contributed by atoms with Crippen molar-refractivity contribution in [3.05, 3.63) is 58.9 Å².